The Morgan fingerprint density at radius 3 is 2.00 bits per heavy atom. The average Bonchev–Trinajstić information content (AvgIpc) is 2.47. The van der Waals surface area contributed by atoms with E-state index < -0.39 is 18.1 Å². The third kappa shape index (κ3) is 6.80. The lowest BCUT2D eigenvalue weighted by Gasteiger charge is -1.91. The van der Waals surface area contributed by atoms with Crippen molar-refractivity contribution < 1.29 is 34.1 Å². The molecule has 7 heteroatoms. The molecule has 0 aromatic rings. The maximum atomic E-state index is 9.92. The summed E-state index contributed by atoms with van der Waals surface area (Å²) in [5.74, 6) is -1.16. The molecule has 0 radical (unpaired) electrons. The van der Waals surface area contributed by atoms with Crippen molar-refractivity contribution in [1.82, 2.24) is 0 Å². The first-order valence-corrected chi connectivity index (χ1v) is 3.46. The summed E-state index contributed by atoms with van der Waals surface area (Å²) in [5.41, 5.74) is 0. The monoisotopic (exact) mass is 204 g/mol. The summed E-state index contributed by atoms with van der Waals surface area (Å²) >= 11 is 0. The van der Waals surface area contributed by atoms with Crippen LogP contribution in [0, 0.1) is 0 Å². The van der Waals surface area contributed by atoms with Gasteiger partial charge in [0.1, 0.15) is 6.61 Å². The molecule has 0 fully saturated rings. The van der Waals surface area contributed by atoms with Crippen LogP contribution in [0.3, 0.4) is 0 Å². The Morgan fingerprint density at radius 2 is 1.86 bits per heavy atom. The molecule has 0 aromatic carbocycles. The van der Waals surface area contributed by atoms with Gasteiger partial charge in [-0.1, -0.05) is 0 Å². The van der Waals surface area contributed by atoms with E-state index in [1.165, 1.54) is 0 Å². The molecule has 0 bridgehead atoms. The summed E-state index contributed by atoms with van der Waals surface area (Å²) in [6.45, 7) is -0.401. The molecule has 1 aliphatic rings. The van der Waals surface area contributed by atoms with Crippen molar-refractivity contribution in [3.05, 3.63) is 12.2 Å². The van der Waals surface area contributed by atoms with Gasteiger partial charge in [-0.2, -0.15) is 0 Å². The molecular formula is C7H8O7. The summed E-state index contributed by atoms with van der Waals surface area (Å²) in [6, 6.07) is 0. The first-order chi connectivity index (χ1) is 6.56. The number of aliphatic hydroxyl groups excluding tert-OH is 1. The highest BCUT2D eigenvalue weighted by Gasteiger charge is 2.10. The molecule has 1 heterocycles. The predicted octanol–water partition coefficient (Wildman–Crippen LogP) is -0.701. The largest absolute Gasteiger partial charge is 0.505 e. The van der Waals surface area contributed by atoms with Gasteiger partial charge >= 0.3 is 18.1 Å². The van der Waals surface area contributed by atoms with Gasteiger partial charge in [0.25, 0.3) is 0 Å². The molecular weight excluding hydrogens is 196 g/mol. The second kappa shape index (κ2) is 6.61. The molecule has 0 unspecified atom stereocenters. The fraction of sp³-hybridized carbons (Fsp3) is 0.286. The van der Waals surface area contributed by atoms with Crippen LogP contribution in [-0.2, 0) is 19.1 Å². The van der Waals surface area contributed by atoms with E-state index in [1.807, 2.05) is 0 Å². The van der Waals surface area contributed by atoms with E-state index in [-0.39, 0.29) is 13.2 Å². The van der Waals surface area contributed by atoms with Crippen molar-refractivity contribution in [1.29, 1.82) is 0 Å². The van der Waals surface area contributed by atoms with E-state index in [0.29, 0.717) is 0 Å². The zero-order valence-electron chi connectivity index (χ0n) is 7.00. The van der Waals surface area contributed by atoms with Gasteiger partial charge in [-0.25, -0.2) is 14.4 Å². The van der Waals surface area contributed by atoms with Gasteiger partial charge in [0.2, 0.25) is 0 Å². The number of cyclic esters (lactones) is 2. The van der Waals surface area contributed by atoms with Crippen LogP contribution in [0.4, 0.5) is 4.79 Å². The average molecular weight is 204 g/mol. The zero-order chi connectivity index (χ0) is 11.0. The van der Waals surface area contributed by atoms with Crippen molar-refractivity contribution >= 4 is 18.1 Å². The van der Waals surface area contributed by atoms with Crippen LogP contribution < -0.4 is 0 Å². The van der Waals surface area contributed by atoms with E-state index in [4.69, 9.17) is 10.2 Å². The van der Waals surface area contributed by atoms with Gasteiger partial charge in [-0.3, -0.25) is 0 Å². The van der Waals surface area contributed by atoms with E-state index in [2.05, 4.69) is 9.47 Å². The minimum Gasteiger partial charge on any atom is -0.450 e. The molecule has 0 aromatic heterocycles. The number of rotatable bonds is 2. The number of aliphatic hydroxyl groups is 1. The molecule has 7 nitrogen and oxygen atoms in total. The number of carbonyl (C=O) groups excluding carboxylic acids is 2. The van der Waals surface area contributed by atoms with E-state index in [1.54, 1.807) is 0 Å². The molecule has 1 aliphatic heterocycles. The molecule has 0 spiro atoms. The molecule has 0 amide bonds. The number of esters is 2. The first kappa shape index (κ1) is 12.1. The Morgan fingerprint density at radius 1 is 1.36 bits per heavy atom. The van der Waals surface area contributed by atoms with Crippen molar-refractivity contribution in [2.75, 3.05) is 13.2 Å². The third-order valence-electron chi connectivity index (χ3n) is 0.874. The van der Waals surface area contributed by atoms with Crippen LogP contribution in [0.1, 0.15) is 0 Å². The van der Waals surface area contributed by atoms with Gasteiger partial charge in [-0.15, -0.1) is 0 Å². The highest BCUT2D eigenvalue weighted by atomic mass is 16.7. The smallest absolute Gasteiger partial charge is 0.450 e. The molecule has 0 saturated heterocycles. The molecule has 0 aliphatic carbocycles. The molecule has 1 rings (SSSR count). The number of hydrogen-bond acceptors (Lipinski definition) is 6. The van der Waals surface area contributed by atoms with Crippen molar-refractivity contribution in [2.24, 2.45) is 0 Å². The Balaban J connectivity index is 0.000000241. The molecule has 2 N–H and O–H groups in total. The van der Waals surface area contributed by atoms with Crippen molar-refractivity contribution in [3.8, 4) is 0 Å². The van der Waals surface area contributed by atoms with Crippen LogP contribution in [0.5, 0.6) is 0 Å². The number of hydrogen-bond donors (Lipinski definition) is 2. The predicted molar refractivity (Wildman–Crippen MR) is 41.3 cm³/mol. The second-order valence-electron chi connectivity index (χ2n) is 1.91. The normalized spacial score (nSPS) is 12.9. The summed E-state index contributed by atoms with van der Waals surface area (Å²) in [7, 11) is 0. The second-order valence-corrected chi connectivity index (χ2v) is 1.91. The quantitative estimate of drug-likeness (QED) is 0.452. The maximum absolute atomic E-state index is 9.92. The van der Waals surface area contributed by atoms with Crippen LogP contribution in [0.2, 0.25) is 0 Å². The highest BCUT2D eigenvalue weighted by Crippen LogP contribution is 1.92. The van der Waals surface area contributed by atoms with Crippen LogP contribution in [0.15, 0.2) is 12.2 Å². The Labute approximate surface area is 78.5 Å². The van der Waals surface area contributed by atoms with Gasteiger partial charge in [-0.05, 0) is 0 Å². The number of carboxylic acid groups (broad SMARTS) is 1. The van der Waals surface area contributed by atoms with E-state index >= 15 is 0 Å². The maximum Gasteiger partial charge on any atom is 0.505 e. The fourth-order valence-corrected chi connectivity index (χ4v) is 0.436. The molecule has 0 atom stereocenters. The van der Waals surface area contributed by atoms with Gasteiger partial charge in [0.05, 0.1) is 6.61 Å². The standard InChI is InChI=1S/C4H2O3.C3H6O4/c5-3-1-2-4(6)7-3;4-1-2-7-3(5)6/h1-2H;4H,1-2H2,(H,5,6). The minimum absolute atomic E-state index is 0.144. The highest BCUT2D eigenvalue weighted by molar-refractivity contribution is 6.04. The lowest BCUT2D eigenvalue weighted by Crippen LogP contribution is -2.04. The van der Waals surface area contributed by atoms with Crippen LogP contribution in [-0.4, -0.2) is 41.5 Å². The number of ether oxygens (including phenoxy) is 2. The SMILES string of the molecule is O=C(O)OCCO.O=C1C=CC(=O)O1. The Hall–Kier alpha value is -1.89. The summed E-state index contributed by atoms with van der Waals surface area (Å²) in [4.78, 5) is 29.3. The van der Waals surface area contributed by atoms with Gasteiger partial charge in [0.15, 0.2) is 0 Å². The summed E-state index contributed by atoms with van der Waals surface area (Å²) in [6.07, 6.45) is 0.819. The Bertz CT molecular complexity index is 239. The van der Waals surface area contributed by atoms with Crippen molar-refractivity contribution in [3.63, 3.8) is 0 Å². The van der Waals surface area contributed by atoms with Crippen LogP contribution >= 0.6 is 0 Å². The minimum atomic E-state index is -1.35. The summed E-state index contributed by atoms with van der Waals surface area (Å²) in [5, 5.41) is 15.6. The van der Waals surface area contributed by atoms with Crippen LogP contribution in [0.25, 0.3) is 0 Å². The topological polar surface area (TPSA) is 110 Å². The van der Waals surface area contributed by atoms with E-state index in [9.17, 15) is 14.4 Å². The number of carbonyl (C=O) groups is 3. The Kier molecular flexibility index (Phi) is 5.72. The molecule has 78 valence electrons. The molecule has 14 heavy (non-hydrogen) atoms. The van der Waals surface area contributed by atoms with E-state index in [0.717, 1.165) is 12.2 Å². The molecule has 0 saturated carbocycles. The lowest BCUT2D eigenvalue weighted by atomic mass is 10.6. The summed E-state index contributed by atoms with van der Waals surface area (Å²) < 4.78 is 7.83. The lowest BCUT2D eigenvalue weighted by molar-refractivity contribution is -0.150. The third-order valence-corrected chi connectivity index (χ3v) is 0.874. The zero-order valence-corrected chi connectivity index (χ0v) is 7.00. The van der Waals surface area contributed by atoms with Crippen molar-refractivity contribution in [2.45, 2.75) is 0 Å². The van der Waals surface area contributed by atoms with Gasteiger partial charge in [0, 0.05) is 12.2 Å². The first-order valence-electron chi connectivity index (χ1n) is 3.46. The van der Waals surface area contributed by atoms with Gasteiger partial charge < -0.3 is 19.7 Å². The fourth-order valence-electron chi connectivity index (χ4n) is 0.436.